The average Bonchev–Trinajstić information content (AvgIpc) is 3.19. The van der Waals surface area contributed by atoms with Crippen LogP contribution in [0.5, 0.6) is 5.75 Å². The highest BCUT2D eigenvalue weighted by Gasteiger charge is 2.18. The number of hydrogen-bond donors (Lipinski definition) is 1. The molecule has 0 saturated heterocycles. The Morgan fingerprint density at radius 2 is 1.85 bits per heavy atom. The molecule has 1 atom stereocenters. The minimum absolute atomic E-state index is 0.0494. The molecule has 0 bridgehead atoms. The lowest BCUT2D eigenvalue weighted by Crippen LogP contribution is -2.30. The zero-order chi connectivity index (χ0) is 24.1. The van der Waals surface area contributed by atoms with E-state index in [1.54, 1.807) is 12.1 Å². The van der Waals surface area contributed by atoms with Gasteiger partial charge in [0.25, 0.3) is 0 Å². The van der Waals surface area contributed by atoms with Crippen LogP contribution in [0.2, 0.25) is 5.02 Å². The van der Waals surface area contributed by atoms with Crippen LogP contribution in [0.25, 0.3) is 11.0 Å². The van der Waals surface area contributed by atoms with Gasteiger partial charge in [0, 0.05) is 11.6 Å². The van der Waals surface area contributed by atoms with E-state index in [1.165, 1.54) is 5.56 Å². The van der Waals surface area contributed by atoms with Crippen molar-refractivity contribution < 1.29 is 9.53 Å². The molecule has 1 amide bonds. The summed E-state index contributed by atoms with van der Waals surface area (Å²) in [6.45, 7) is 7.46. The predicted octanol–water partition coefficient (Wildman–Crippen LogP) is 6.20. The third-order valence-corrected chi connectivity index (χ3v) is 6.11. The summed E-state index contributed by atoms with van der Waals surface area (Å²) in [5.74, 6) is 1.72. The zero-order valence-corrected chi connectivity index (χ0v) is 20.6. The Morgan fingerprint density at radius 1 is 1.09 bits per heavy atom. The summed E-state index contributed by atoms with van der Waals surface area (Å²) >= 11 is 5.95. The van der Waals surface area contributed by atoms with Crippen molar-refractivity contribution in [3.63, 3.8) is 0 Å². The molecule has 0 saturated carbocycles. The number of fused-ring (bicyclic) bond motifs is 1. The minimum Gasteiger partial charge on any atom is -0.493 e. The largest absolute Gasteiger partial charge is 0.493 e. The third kappa shape index (κ3) is 5.78. The maximum atomic E-state index is 12.7. The van der Waals surface area contributed by atoms with Crippen molar-refractivity contribution in [1.29, 1.82) is 0 Å². The molecule has 3 aromatic carbocycles. The van der Waals surface area contributed by atoms with Gasteiger partial charge in [-0.3, -0.25) is 4.79 Å². The van der Waals surface area contributed by atoms with E-state index in [0.29, 0.717) is 18.1 Å². The van der Waals surface area contributed by atoms with Crippen LogP contribution < -0.4 is 10.1 Å². The number of carbonyl (C=O) groups is 1. The van der Waals surface area contributed by atoms with E-state index in [0.717, 1.165) is 46.7 Å². The number of aryl methyl sites for hydroxylation is 3. The molecule has 5 nitrogen and oxygen atoms in total. The van der Waals surface area contributed by atoms with E-state index in [2.05, 4.69) is 48.0 Å². The normalized spacial score (nSPS) is 12.0. The molecule has 176 valence electrons. The van der Waals surface area contributed by atoms with Crippen molar-refractivity contribution in [3.05, 3.63) is 94.3 Å². The molecule has 34 heavy (non-hydrogen) atoms. The first kappa shape index (κ1) is 23.8. The van der Waals surface area contributed by atoms with Crippen molar-refractivity contribution in [2.75, 3.05) is 6.61 Å². The summed E-state index contributed by atoms with van der Waals surface area (Å²) in [5, 5.41) is 3.76. The number of para-hydroxylation sites is 2. The maximum absolute atomic E-state index is 12.7. The Hall–Kier alpha value is -3.31. The Labute approximate surface area is 205 Å². The topological polar surface area (TPSA) is 56.1 Å². The highest BCUT2D eigenvalue weighted by atomic mass is 35.5. The summed E-state index contributed by atoms with van der Waals surface area (Å²) in [6, 6.07) is 21.4. The smallest absolute Gasteiger partial charge is 0.224 e. The number of carbonyl (C=O) groups excluding carboxylic acids is 1. The van der Waals surface area contributed by atoms with Gasteiger partial charge < -0.3 is 14.6 Å². The fourth-order valence-electron chi connectivity index (χ4n) is 4.07. The van der Waals surface area contributed by atoms with Gasteiger partial charge in [-0.15, -0.1) is 0 Å². The monoisotopic (exact) mass is 475 g/mol. The van der Waals surface area contributed by atoms with E-state index in [4.69, 9.17) is 21.3 Å². The Balaban J connectivity index is 1.44. The highest BCUT2D eigenvalue weighted by molar-refractivity contribution is 6.30. The van der Waals surface area contributed by atoms with Gasteiger partial charge in [0.2, 0.25) is 5.91 Å². The summed E-state index contributed by atoms with van der Waals surface area (Å²) < 4.78 is 8.24. The van der Waals surface area contributed by atoms with Gasteiger partial charge in [0.1, 0.15) is 11.6 Å². The second kappa shape index (κ2) is 10.7. The second-order valence-electron chi connectivity index (χ2n) is 8.67. The SMILES string of the molecule is Cc1ccc(C)c(OCCCn2c(C(C)NC(=O)Cc3ccc(Cl)cc3)nc3ccccc32)c1. The van der Waals surface area contributed by atoms with Gasteiger partial charge in [-0.25, -0.2) is 4.98 Å². The van der Waals surface area contributed by atoms with Crippen molar-refractivity contribution >= 4 is 28.5 Å². The molecule has 0 aliphatic rings. The lowest BCUT2D eigenvalue weighted by atomic mass is 10.1. The first-order chi connectivity index (χ1) is 16.4. The molecular weight excluding hydrogens is 446 g/mol. The molecule has 0 fully saturated rings. The molecule has 6 heteroatoms. The highest BCUT2D eigenvalue weighted by Crippen LogP contribution is 2.23. The lowest BCUT2D eigenvalue weighted by Gasteiger charge is -2.17. The number of halogens is 1. The molecule has 1 N–H and O–H groups in total. The number of amides is 1. The Bertz CT molecular complexity index is 1280. The first-order valence-corrected chi connectivity index (χ1v) is 12.0. The molecule has 4 aromatic rings. The molecule has 0 aliphatic heterocycles. The van der Waals surface area contributed by atoms with Crippen LogP contribution in [-0.2, 0) is 17.8 Å². The number of ether oxygens (including phenoxy) is 1. The molecular formula is C28H30ClN3O2. The molecule has 4 rings (SSSR count). The van der Waals surface area contributed by atoms with Crippen LogP contribution in [0.3, 0.4) is 0 Å². The Kier molecular flexibility index (Phi) is 7.53. The molecule has 1 aromatic heterocycles. The van der Waals surface area contributed by atoms with Crippen molar-refractivity contribution in [2.45, 2.75) is 46.2 Å². The van der Waals surface area contributed by atoms with Crippen LogP contribution in [0.4, 0.5) is 0 Å². The zero-order valence-electron chi connectivity index (χ0n) is 19.8. The summed E-state index contributed by atoms with van der Waals surface area (Å²) in [7, 11) is 0. The lowest BCUT2D eigenvalue weighted by molar-refractivity contribution is -0.121. The minimum atomic E-state index is -0.230. The molecule has 0 spiro atoms. The van der Waals surface area contributed by atoms with Gasteiger partial charge >= 0.3 is 0 Å². The van der Waals surface area contributed by atoms with E-state index < -0.39 is 0 Å². The van der Waals surface area contributed by atoms with Crippen LogP contribution in [0.1, 0.15) is 41.9 Å². The molecule has 1 heterocycles. The van der Waals surface area contributed by atoms with Crippen LogP contribution in [0, 0.1) is 13.8 Å². The van der Waals surface area contributed by atoms with E-state index in [1.807, 2.05) is 37.3 Å². The average molecular weight is 476 g/mol. The maximum Gasteiger partial charge on any atom is 0.224 e. The number of benzene rings is 3. The predicted molar refractivity (Wildman–Crippen MR) is 137 cm³/mol. The van der Waals surface area contributed by atoms with Crippen LogP contribution in [0.15, 0.2) is 66.7 Å². The van der Waals surface area contributed by atoms with Crippen molar-refractivity contribution in [2.24, 2.45) is 0 Å². The molecule has 0 aliphatic carbocycles. The second-order valence-corrected chi connectivity index (χ2v) is 9.11. The number of imidazole rings is 1. The number of nitrogens with zero attached hydrogens (tertiary/aromatic N) is 2. The van der Waals surface area contributed by atoms with Crippen LogP contribution in [-0.4, -0.2) is 22.1 Å². The van der Waals surface area contributed by atoms with Crippen molar-refractivity contribution in [1.82, 2.24) is 14.9 Å². The standard InChI is InChI=1S/C28H30ClN3O2/c1-19-9-10-20(2)26(17-19)34-16-6-15-32-25-8-5-4-7-24(25)31-28(32)21(3)30-27(33)18-22-11-13-23(29)14-12-22/h4-5,7-14,17,21H,6,15-16,18H2,1-3H3,(H,30,33). The van der Waals surface area contributed by atoms with E-state index in [-0.39, 0.29) is 11.9 Å². The van der Waals surface area contributed by atoms with Crippen LogP contribution >= 0.6 is 11.6 Å². The fraction of sp³-hybridized carbons (Fsp3) is 0.286. The first-order valence-electron chi connectivity index (χ1n) is 11.6. The number of hydrogen-bond acceptors (Lipinski definition) is 3. The van der Waals surface area contributed by atoms with Gasteiger partial charge in [-0.05, 0) is 74.2 Å². The van der Waals surface area contributed by atoms with Crippen molar-refractivity contribution in [3.8, 4) is 5.75 Å². The van der Waals surface area contributed by atoms with Gasteiger partial charge in [-0.1, -0.05) is 48.0 Å². The van der Waals surface area contributed by atoms with E-state index in [9.17, 15) is 4.79 Å². The number of nitrogens with one attached hydrogen (secondary N) is 1. The quantitative estimate of drug-likeness (QED) is 0.293. The Morgan fingerprint density at radius 3 is 2.65 bits per heavy atom. The summed E-state index contributed by atoms with van der Waals surface area (Å²) in [5.41, 5.74) is 5.23. The fourth-order valence-corrected chi connectivity index (χ4v) is 4.20. The molecule has 1 unspecified atom stereocenters. The van der Waals surface area contributed by atoms with Gasteiger partial charge in [0.15, 0.2) is 0 Å². The van der Waals surface area contributed by atoms with E-state index >= 15 is 0 Å². The summed E-state index contributed by atoms with van der Waals surface area (Å²) in [4.78, 5) is 17.5. The summed E-state index contributed by atoms with van der Waals surface area (Å²) in [6.07, 6.45) is 1.12. The molecule has 0 radical (unpaired) electrons. The number of rotatable bonds is 9. The third-order valence-electron chi connectivity index (χ3n) is 5.85. The number of aromatic nitrogens is 2. The van der Waals surface area contributed by atoms with Gasteiger partial charge in [0.05, 0.1) is 30.1 Å². The van der Waals surface area contributed by atoms with Gasteiger partial charge in [-0.2, -0.15) is 0 Å².